The molecule has 0 saturated carbocycles. The number of nitrogens with zero attached hydrogens (tertiary/aromatic N) is 1. The Labute approximate surface area is 420 Å². The van der Waals surface area contributed by atoms with Gasteiger partial charge >= 0.3 is 35.9 Å². The van der Waals surface area contributed by atoms with E-state index in [-0.39, 0.29) is 56.3 Å². The second-order valence-corrected chi connectivity index (χ2v) is 16.8. The van der Waals surface area contributed by atoms with Crippen molar-refractivity contribution >= 4 is 76.2 Å². The van der Waals surface area contributed by atoms with Gasteiger partial charge in [0.05, 0.1) is 0 Å². The largest absolute Gasteiger partial charge is 0.481 e. The summed E-state index contributed by atoms with van der Waals surface area (Å²) in [6.07, 6.45) is -1.46. The van der Waals surface area contributed by atoms with E-state index in [1.807, 2.05) is 47.8 Å². The maximum Gasteiger partial charge on any atom is 0.326 e. The summed E-state index contributed by atoms with van der Waals surface area (Å²) in [7, 11) is 0. The molecule has 25 heteroatoms. The summed E-state index contributed by atoms with van der Waals surface area (Å²) < 4.78 is 13.5. The van der Waals surface area contributed by atoms with Crippen molar-refractivity contribution in [3.05, 3.63) is 113 Å². The highest BCUT2D eigenvalue weighted by Crippen LogP contribution is 2.18. The first kappa shape index (κ1) is 57.5. The first-order valence-electron chi connectivity index (χ1n) is 23.0. The Morgan fingerprint density at radius 2 is 1.04 bits per heavy atom. The van der Waals surface area contributed by atoms with Crippen LogP contribution in [0.1, 0.15) is 89.6 Å². The number of hydrogen-bond donors (Lipinski definition) is 12. The van der Waals surface area contributed by atoms with Crippen LogP contribution in [0.25, 0.3) is 10.8 Å². The summed E-state index contributed by atoms with van der Waals surface area (Å²) in [6.45, 7) is -0.117. The second kappa shape index (κ2) is 28.7. The summed E-state index contributed by atoms with van der Waals surface area (Å²) in [4.78, 5) is 139. The lowest BCUT2D eigenvalue weighted by Gasteiger charge is -2.20. The summed E-state index contributed by atoms with van der Waals surface area (Å²) in [5, 5.41) is 65.3. The van der Waals surface area contributed by atoms with Crippen LogP contribution < -0.4 is 37.2 Å². The number of carboxylic acids is 5. The summed E-state index contributed by atoms with van der Waals surface area (Å²) >= 11 is 0. The van der Waals surface area contributed by atoms with Crippen LogP contribution >= 0.6 is 0 Å². The van der Waals surface area contributed by atoms with Gasteiger partial charge in [0.15, 0.2) is 0 Å². The number of halogens is 1. The molecule has 4 aromatic rings. The molecule has 5 atom stereocenters. The van der Waals surface area contributed by atoms with Crippen LogP contribution in [0.3, 0.4) is 0 Å². The molecule has 0 spiro atoms. The number of amides is 7. The first-order chi connectivity index (χ1) is 35.2. The Morgan fingerprint density at radius 1 is 0.500 bits per heavy atom. The summed E-state index contributed by atoms with van der Waals surface area (Å²) in [5.41, 5.74) is 1.10. The molecular weight excluding hydrogens is 975 g/mol. The van der Waals surface area contributed by atoms with Gasteiger partial charge in [-0.25, -0.2) is 24.2 Å². The molecule has 7 amide bonds. The van der Waals surface area contributed by atoms with E-state index in [9.17, 15) is 77.6 Å². The molecule has 4 rings (SSSR count). The Hall–Kier alpha value is -9.03. The van der Waals surface area contributed by atoms with Gasteiger partial charge in [0.25, 0.3) is 11.8 Å². The van der Waals surface area contributed by atoms with E-state index in [0.717, 1.165) is 29.1 Å². The lowest BCUT2D eigenvalue weighted by Crippen LogP contribution is -2.51. The molecule has 74 heavy (non-hydrogen) atoms. The molecule has 0 aliphatic carbocycles. The van der Waals surface area contributed by atoms with Crippen molar-refractivity contribution < 1.29 is 82.7 Å². The summed E-state index contributed by atoms with van der Waals surface area (Å²) in [5.74, 6) is -11.7. The predicted octanol–water partition coefficient (Wildman–Crippen LogP) is 1.70. The fourth-order valence-corrected chi connectivity index (χ4v) is 7.21. The highest BCUT2D eigenvalue weighted by molar-refractivity contribution is 5.98. The monoisotopic (exact) mass is 1030 g/mol. The minimum Gasteiger partial charge on any atom is -0.481 e. The van der Waals surface area contributed by atoms with Crippen molar-refractivity contribution in [3.63, 3.8) is 0 Å². The van der Waals surface area contributed by atoms with Gasteiger partial charge in [0.1, 0.15) is 30.2 Å². The van der Waals surface area contributed by atoms with Gasteiger partial charge in [-0.15, -0.1) is 0 Å². The number of unbranched alkanes of at least 4 members (excludes halogenated alkanes) is 1. The molecule has 0 bridgehead atoms. The SMILES string of the molecule is O=C(O)CCC(NC(=O)NC(CCCCNC(=O)C(Cc1ccc2ccccc2c1)NC(=O)c1ccc(CNC(=O)C(CCC(=O)O)NC(=O)CCC(NC(=O)c2ccnc([18F])c2)C(=O)O)cc1)C(=O)O)C(=O)O. The number of nitrogens with one attached hydrogen (secondary N) is 7. The number of rotatable bonds is 30. The van der Waals surface area contributed by atoms with Gasteiger partial charge in [0, 0.05) is 62.2 Å². The van der Waals surface area contributed by atoms with Crippen LogP contribution in [0, 0.1) is 5.95 Å². The molecule has 0 aliphatic heterocycles. The lowest BCUT2D eigenvalue weighted by atomic mass is 10.0. The number of hydrogen-bond acceptors (Lipinski definition) is 12. The zero-order chi connectivity index (χ0) is 54.3. The molecule has 0 aliphatic rings. The van der Waals surface area contributed by atoms with Crippen molar-refractivity contribution in [2.75, 3.05) is 6.54 Å². The number of pyridine rings is 1. The van der Waals surface area contributed by atoms with E-state index in [4.69, 9.17) is 5.11 Å². The molecule has 0 radical (unpaired) electrons. The van der Waals surface area contributed by atoms with Crippen LogP contribution in [0.4, 0.5) is 9.18 Å². The number of benzene rings is 3. The topological polar surface area (TPSA) is 386 Å². The van der Waals surface area contributed by atoms with E-state index in [1.165, 1.54) is 24.3 Å². The Morgan fingerprint density at radius 3 is 1.66 bits per heavy atom. The number of aromatic nitrogens is 1. The fraction of sp³-hybridized carbons (Fsp3) is 0.347. The number of carboxylic acid groups (broad SMARTS) is 5. The molecule has 3 aromatic carbocycles. The molecule has 394 valence electrons. The highest BCUT2D eigenvalue weighted by atomic mass is 18.2. The van der Waals surface area contributed by atoms with Gasteiger partial charge in [-0.3, -0.25) is 33.6 Å². The van der Waals surface area contributed by atoms with Crippen LogP contribution in [-0.2, 0) is 51.3 Å². The lowest BCUT2D eigenvalue weighted by molar-refractivity contribution is -0.141. The van der Waals surface area contributed by atoms with Crippen molar-refractivity contribution in [1.29, 1.82) is 0 Å². The van der Waals surface area contributed by atoms with Crippen molar-refractivity contribution in [1.82, 2.24) is 42.2 Å². The quantitative estimate of drug-likeness (QED) is 0.0261. The molecule has 5 unspecified atom stereocenters. The molecule has 1 aromatic heterocycles. The normalized spacial score (nSPS) is 12.8. The van der Waals surface area contributed by atoms with E-state index >= 15 is 0 Å². The van der Waals surface area contributed by atoms with Crippen molar-refractivity contribution in [2.24, 2.45) is 0 Å². The molecule has 0 saturated heterocycles. The minimum absolute atomic E-state index is 0.0293. The summed E-state index contributed by atoms with van der Waals surface area (Å²) in [6, 6.07) is 12.6. The van der Waals surface area contributed by atoms with Crippen LogP contribution in [-0.4, -0.2) is 133 Å². The number of carbonyl (C=O) groups is 11. The van der Waals surface area contributed by atoms with Crippen LogP contribution in [0.5, 0.6) is 0 Å². The van der Waals surface area contributed by atoms with Crippen LogP contribution in [0.15, 0.2) is 85.1 Å². The Balaban J connectivity index is 1.34. The van der Waals surface area contributed by atoms with E-state index in [1.54, 1.807) is 0 Å². The van der Waals surface area contributed by atoms with Gasteiger partial charge in [-0.1, -0.05) is 54.6 Å². The Bertz CT molecular complexity index is 2710. The third-order valence-corrected chi connectivity index (χ3v) is 11.2. The minimum atomic E-state index is -1.59. The average molecular weight is 1030 g/mol. The predicted molar refractivity (Wildman–Crippen MR) is 257 cm³/mol. The number of carbonyl (C=O) groups excluding carboxylic acids is 6. The van der Waals surface area contributed by atoms with E-state index in [2.05, 4.69) is 36.9 Å². The standard InChI is InChI=1S/C49H55FN8O16/c50-38-25-32(20-22-51-38)43(65)55-35(47(70)71)14-17-39(59)54-33(15-18-40(60)61)44(66)53-26-27-8-12-30(13-9-27)42(64)56-37(24-28-10-11-29-5-1-2-6-31(29)23-28)45(67)52-21-4-3-7-34(46(68)69)57-49(74)58-36(48(72)73)16-19-41(62)63/h1-2,5-6,8-13,20,22-23,25,33-37H,3-4,7,14-19,21,24,26H2,(H,52,67)(H,53,66)(H,54,59)(H,55,65)(H,56,64)(H,60,61)(H,62,63)(H,68,69)(H,70,71)(H,72,73)(H2,57,58,74)/i50-1. The second-order valence-electron chi connectivity index (χ2n) is 16.8. The van der Waals surface area contributed by atoms with Crippen LogP contribution in [0.2, 0.25) is 0 Å². The third kappa shape index (κ3) is 19.6. The average Bonchev–Trinajstić information content (AvgIpc) is 3.35. The zero-order valence-electron chi connectivity index (χ0n) is 39.5. The van der Waals surface area contributed by atoms with Crippen molar-refractivity contribution in [3.8, 4) is 0 Å². The first-order valence-corrected chi connectivity index (χ1v) is 23.0. The smallest absolute Gasteiger partial charge is 0.326 e. The van der Waals surface area contributed by atoms with Gasteiger partial charge in [0.2, 0.25) is 23.7 Å². The molecule has 0 fully saturated rings. The maximum atomic E-state index is 13.7. The number of urea groups is 1. The fourth-order valence-electron chi connectivity index (χ4n) is 7.21. The Kier molecular flexibility index (Phi) is 22.3. The van der Waals surface area contributed by atoms with Gasteiger partial charge in [-0.05, 0) is 78.6 Å². The maximum absolute atomic E-state index is 13.7. The van der Waals surface area contributed by atoms with Gasteiger partial charge < -0.3 is 62.8 Å². The molecular formula is C49H55FN8O16. The number of fused-ring (bicyclic) bond motifs is 1. The number of aliphatic carboxylic acids is 5. The van der Waals surface area contributed by atoms with E-state index < -0.39 is 134 Å². The molecule has 1 heterocycles. The van der Waals surface area contributed by atoms with Crippen molar-refractivity contribution in [2.45, 2.75) is 101 Å². The third-order valence-electron chi connectivity index (χ3n) is 11.2. The van der Waals surface area contributed by atoms with E-state index in [0.29, 0.717) is 11.1 Å². The van der Waals surface area contributed by atoms with Gasteiger partial charge in [-0.2, -0.15) is 4.39 Å². The zero-order valence-corrected chi connectivity index (χ0v) is 39.5. The molecule has 24 nitrogen and oxygen atoms in total. The molecule has 12 N–H and O–H groups in total. The highest BCUT2D eigenvalue weighted by Gasteiger charge is 2.28.